The summed E-state index contributed by atoms with van der Waals surface area (Å²) in [6, 6.07) is 1.43. The molecular weight excluding hydrogens is 246 g/mol. The maximum atomic E-state index is 12.3. The van der Waals surface area contributed by atoms with Crippen molar-refractivity contribution >= 4 is 5.91 Å². The van der Waals surface area contributed by atoms with Crippen LogP contribution in [-0.2, 0) is 9.53 Å². The SMILES string of the molecule is CC(C(=O)N(C)CC1(O)CCOCC1)n1cccn1. The van der Waals surface area contributed by atoms with Crippen LogP contribution in [0.2, 0.25) is 0 Å². The Bertz CT molecular complexity index is 413. The van der Waals surface area contributed by atoms with E-state index in [-0.39, 0.29) is 11.9 Å². The van der Waals surface area contributed by atoms with Gasteiger partial charge in [0.05, 0.1) is 5.60 Å². The molecule has 0 saturated carbocycles. The van der Waals surface area contributed by atoms with Gasteiger partial charge in [-0.2, -0.15) is 5.10 Å². The summed E-state index contributed by atoms with van der Waals surface area (Å²) in [5, 5.41) is 14.5. The highest BCUT2D eigenvalue weighted by atomic mass is 16.5. The molecule has 2 heterocycles. The average molecular weight is 267 g/mol. The minimum absolute atomic E-state index is 0.0522. The van der Waals surface area contributed by atoms with Crippen LogP contribution in [0.1, 0.15) is 25.8 Å². The van der Waals surface area contributed by atoms with Crippen molar-refractivity contribution in [1.29, 1.82) is 0 Å². The third-order valence-corrected chi connectivity index (χ3v) is 3.61. The molecule has 1 aromatic rings. The Hall–Kier alpha value is -1.40. The zero-order chi connectivity index (χ0) is 13.9. The van der Waals surface area contributed by atoms with Gasteiger partial charge in [-0.25, -0.2) is 0 Å². The molecule has 0 spiro atoms. The lowest BCUT2D eigenvalue weighted by atomic mass is 9.94. The number of ether oxygens (including phenoxy) is 1. The van der Waals surface area contributed by atoms with E-state index < -0.39 is 5.60 Å². The molecule has 0 aromatic carbocycles. The molecule has 1 atom stereocenters. The predicted octanol–water partition coefficient (Wildman–Crippen LogP) is 0.444. The molecule has 1 aliphatic rings. The highest BCUT2D eigenvalue weighted by molar-refractivity contribution is 5.79. The van der Waals surface area contributed by atoms with Crippen LogP contribution >= 0.6 is 0 Å². The van der Waals surface area contributed by atoms with E-state index in [2.05, 4.69) is 5.10 Å². The molecule has 1 saturated heterocycles. The number of rotatable bonds is 4. The molecule has 1 fully saturated rings. The lowest BCUT2D eigenvalue weighted by molar-refractivity contribution is -0.139. The first-order valence-corrected chi connectivity index (χ1v) is 6.56. The van der Waals surface area contributed by atoms with Crippen molar-refractivity contribution in [3.05, 3.63) is 18.5 Å². The van der Waals surface area contributed by atoms with Gasteiger partial charge in [-0.05, 0) is 13.0 Å². The lowest BCUT2D eigenvalue weighted by Gasteiger charge is -2.36. The fraction of sp³-hybridized carbons (Fsp3) is 0.692. The Balaban J connectivity index is 1.95. The highest BCUT2D eigenvalue weighted by Gasteiger charge is 2.33. The number of carbonyl (C=O) groups is 1. The van der Waals surface area contributed by atoms with E-state index in [1.54, 1.807) is 42.0 Å². The molecule has 106 valence electrons. The molecule has 1 aromatic heterocycles. The van der Waals surface area contributed by atoms with Crippen molar-refractivity contribution in [2.24, 2.45) is 0 Å². The maximum Gasteiger partial charge on any atom is 0.246 e. The summed E-state index contributed by atoms with van der Waals surface area (Å²) >= 11 is 0. The van der Waals surface area contributed by atoms with Crippen LogP contribution in [0.5, 0.6) is 0 Å². The first kappa shape index (κ1) is 14.0. The molecule has 1 N–H and O–H groups in total. The number of hydrogen-bond donors (Lipinski definition) is 1. The summed E-state index contributed by atoms with van der Waals surface area (Å²) in [7, 11) is 1.72. The van der Waals surface area contributed by atoms with Gasteiger partial charge < -0.3 is 14.7 Å². The second-order valence-corrected chi connectivity index (χ2v) is 5.19. The van der Waals surface area contributed by atoms with Crippen LogP contribution in [0.4, 0.5) is 0 Å². The minimum Gasteiger partial charge on any atom is -0.388 e. The van der Waals surface area contributed by atoms with Crippen molar-refractivity contribution in [2.75, 3.05) is 26.8 Å². The van der Waals surface area contributed by atoms with Gasteiger partial charge >= 0.3 is 0 Å². The van der Waals surface area contributed by atoms with Crippen molar-refractivity contribution in [3.8, 4) is 0 Å². The van der Waals surface area contributed by atoms with Crippen LogP contribution in [-0.4, -0.2) is 58.1 Å². The normalized spacial score (nSPS) is 19.9. The summed E-state index contributed by atoms with van der Waals surface area (Å²) < 4.78 is 6.85. The first-order valence-electron chi connectivity index (χ1n) is 6.56. The second kappa shape index (κ2) is 5.71. The largest absolute Gasteiger partial charge is 0.388 e. The molecule has 19 heavy (non-hydrogen) atoms. The summed E-state index contributed by atoms with van der Waals surface area (Å²) in [5.74, 6) is -0.0522. The van der Waals surface area contributed by atoms with Crippen LogP contribution in [0.25, 0.3) is 0 Å². The zero-order valence-electron chi connectivity index (χ0n) is 11.5. The van der Waals surface area contributed by atoms with Crippen molar-refractivity contribution in [3.63, 3.8) is 0 Å². The van der Waals surface area contributed by atoms with Gasteiger partial charge in [-0.1, -0.05) is 0 Å². The van der Waals surface area contributed by atoms with E-state index in [0.29, 0.717) is 32.6 Å². The number of amides is 1. The fourth-order valence-corrected chi connectivity index (χ4v) is 2.37. The van der Waals surface area contributed by atoms with E-state index in [9.17, 15) is 9.90 Å². The smallest absolute Gasteiger partial charge is 0.246 e. The Morgan fingerprint density at radius 3 is 2.84 bits per heavy atom. The summed E-state index contributed by atoms with van der Waals surface area (Å²) in [6.07, 6.45) is 4.55. The molecule has 1 unspecified atom stereocenters. The van der Waals surface area contributed by atoms with Crippen LogP contribution in [0.15, 0.2) is 18.5 Å². The van der Waals surface area contributed by atoms with Gasteiger partial charge in [0, 0.05) is 52.0 Å². The number of likely N-dealkylation sites (N-methyl/N-ethyl adjacent to an activating group) is 1. The minimum atomic E-state index is -0.827. The third-order valence-electron chi connectivity index (χ3n) is 3.61. The van der Waals surface area contributed by atoms with Gasteiger partial charge in [0.1, 0.15) is 6.04 Å². The Morgan fingerprint density at radius 1 is 1.58 bits per heavy atom. The van der Waals surface area contributed by atoms with Crippen molar-refractivity contribution in [1.82, 2.24) is 14.7 Å². The molecule has 0 bridgehead atoms. The molecule has 1 aliphatic heterocycles. The molecule has 6 nitrogen and oxygen atoms in total. The molecule has 1 amide bonds. The lowest BCUT2D eigenvalue weighted by Crippen LogP contribution is -2.48. The van der Waals surface area contributed by atoms with Gasteiger partial charge in [0.2, 0.25) is 5.91 Å². The topological polar surface area (TPSA) is 67.6 Å². The summed E-state index contributed by atoms with van der Waals surface area (Å²) in [5.41, 5.74) is -0.827. The third kappa shape index (κ3) is 3.33. The van der Waals surface area contributed by atoms with Gasteiger partial charge in [0.15, 0.2) is 0 Å². The van der Waals surface area contributed by atoms with Crippen LogP contribution in [0, 0.1) is 0 Å². The highest BCUT2D eigenvalue weighted by Crippen LogP contribution is 2.22. The number of nitrogens with zero attached hydrogens (tertiary/aromatic N) is 3. The Labute approximate surface area is 113 Å². The molecular formula is C13H21N3O3. The summed E-state index contributed by atoms with van der Waals surface area (Å²) in [4.78, 5) is 13.9. The van der Waals surface area contributed by atoms with Gasteiger partial charge in [-0.15, -0.1) is 0 Å². The number of carbonyl (C=O) groups excluding carboxylic acids is 1. The quantitative estimate of drug-likeness (QED) is 0.860. The number of hydrogen-bond acceptors (Lipinski definition) is 4. The zero-order valence-corrected chi connectivity index (χ0v) is 11.5. The predicted molar refractivity (Wildman–Crippen MR) is 69.6 cm³/mol. The standard InChI is InChI=1S/C13H21N3O3/c1-11(16-7-3-6-14-16)12(17)15(2)10-13(18)4-8-19-9-5-13/h3,6-7,11,18H,4-5,8-10H2,1-2H3. The van der Waals surface area contributed by atoms with Crippen LogP contribution < -0.4 is 0 Å². The summed E-state index contributed by atoms with van der Waals surface area (Å²) in [6.45, 7) is 3.24. The van der Waals surface area contributed by atoms with E-state index in [1.807, 2.05) is 0 Å². The molecule has 0 radical (unpaired) electrons. The molecule has 0 aliphatic carbocycles. The first-order chi connectivity index (χ1) is 9.02. The van der Waals surface area contributed by atoms with Crippen molar-refractivity contribution < 1.29 is 14.6 Å². The Morgan fingerprint density at radius 2 is 2.26 bits per heavy atom. The number of aliphatic hydroxyl groups is 1. The monoisotopic (exact) mass is 267 g/mol. The maximum absolute atomic E-state index is 12.3. The fourth-order valence-electron chi connectivity index (χ4n) is 2.37. The second-order valence-electron chi connectivity index (χ2n) is 5.19. The van der Waals surface area contributed by atoms with Gasteiger partial charge in [0.25, 0.3) is 0 Å². The van der Waals surface area contributed by atoms with E-state index >= 15 is 0 Å². The number of aromatic nitrogens is 2. The molecule has 6 heteroatoms. The average Bonchev–Trinajstić information content (AvgIpc) is 2.91. The Kier molecular flexibility index (Phi) is 4.21. The van der Waals surface area contributed by atoms with E-state index in [0.717, 1.165) is 0 Å². The van der Waals surface area contributed by atoms with Crippen molar-refractivity contribution in [2.45, 2.75) is 31.4 Å². The molecule has 2 rings (SSSR count). The van der Waals surface area contributed by atoms with Gasteiger partial charge in [-0.3, -0.25) is 9.48 Å². The van der Waals surface area contributed by atoms with E-state index in [4.69, 9.17) is 4.74 Å². The van der Waals surface area contributed by atoms with E-state index in [1.165, 1.54) is 0 Å². The van der Waals surface area contributed by atoms with Crippen LogP contribution in [0.3, 0.4) is 0 Å².